The van der Waals surface area contributed by atoms with Crippen molar-refractivity contribution in [2.24, 2.45) is 5.41 Å². The van der Waals surface area contributed by atoms with Crippen LogP contribution in [0.1, 0.15) is 39.5 Å². The van der Waals surface area contributed by atoms with Crippen molar-refractivity contribution in [2.75, 3.05) is 30.8 Å². The molecule has 0 aliphatic carbocycles. The molecule has 0 saturated carbocycles. The highest BCUT2D eigenvalue weighted by Crippen LogP contribution is 2.41. The van der Waals surface area contributed by atoms with Crippen molar-refractivity contribution in [3.05, 3.63) is 17.9 Å². The lowest BCUT2D eigenvalue weighted by Crippen LogP contribution is -2.40. The molecule has 1 fully saturated rings. The van der Waals surface area contributed by atoms with Gasteiger partial charge < -0.3 is 15.4 Å². The molecule has 3 nitrogen and oxygen atoms in total. The third kappa shape index (κ3) is 2.69. The van der Waals surface area contributed by atoms with Gasteiger partial charge in [0.1, 0.15) is 0 Å². The number of ether oxygens (including phenoxy) is 1. The molecule has 20 heavy (non-hydrogen) atoms. The fourth-order valence-corrected chi connectivity index (χ4v) is 3.17. The highest BCUT2D eigenvalue weighted by Gasteiger charge is 2.32. The van der Waals surface area contributed by atoms with Crippen LogP contribution in [0.3, 0.4) is 0 Å². The molecule has 0 amide bonds. The number of nitrogen functional groups attached to an aromatic ring is 1. The van der Waals surface area contributed by atoms with Crippen LogP contribution in [0.25, 0.3) is 0 Å². The summed E-state index contributed by atoms with van der Waals surface area (Å²) in [5.74, 6) is -0.140. The van der Waals surface area contributed by atoms with Gasteiger partial charge in [-0.15, -0.1) is 0 Å². The van der Waals surface area contributed by atoms with Crippen LogP contribution in [0.15, 0.2) is 12.1 Å². The zero-order valence-corrected chi connectivity index (χ0v) is 12.7. The lowest BCUT2D eigenvalue weighted by atomic mass is 9.74. The molecule has 112 valence electrons. The zero-order valence-electron chi connectivity index (χ0n) is 12.7. The number of methoxy groups -OCH3 is 1. The van der Waals surface area contributed by atoms with E-state index in [0.717, 1.165) is 18.8 Å². The summed E-state index contributed by atoms with van der Waals surface area (Å²) in [7, 11) is 1.48. The van der Waals surface area contributed by atoms with Crippen molar-refractivity contribution in [1.29, 1.82) is 0 Å². The Morgan fingerprint density at radius 3 is 2.35 bits per heavy atom. The molecule has 0 atom stereocenters. The molecular formula is C16H25FN2O. The van der Waals surface area contributed by atoms with Crippen LogP contribution in [0, 0.1) is 11.2 Å². The number of nitrogens with two attached hydrogens (primary N) is 1. The quantitative estimate of drug-likeness (QED) is 0.852. The van der Waals surface area contributed by atoms with Crippen LogP contribution >= 0.6 is 0 Å². The van der Waals surface area contributed by atoms with Crippen LogP contribution in [-0.4, -0.2) is 20.2 Å². The summed E-state index contributed by atoms with van der Waals surface area (Å²) in [6.07, 6.45) is 4.78. The molecule has 1 heterocycles. The van der Waals surface area contributed by atoms with Crippen molar-refractivity contribution in [1.82, 2.24) is 0 Å². The lowest BCUT2D eigenvalue weighted by molar-refractivity contribution is 0.199. The lowest BCUT2D eigenvalue weighted by Gasteiger charge is -2.42. The van der Waals surface area contributed by atoms with Gasteiger partial charge in [-0.25, -0.2) is 4.39 Å². The number of piperidine rings is 1. The van der Waals surface area contributed by atoms with E-state index in [2.05, 4.69) is 18.7 Å². The molecule has 2 N–H and O–H groups in total. The molecule has 1 saturated heterocycles. The number of rotatable bonds is 4. The average molecular weight is 280 g/mol. The first kappa shape index (κ1) is 14.9. The van der Waals surface area contributed by atoms with Gasteiger partial charge in [0.15, 0.2) is 11.6 Å². The maximum absolute atomic E-state index is 13.6. The molecule has 0 radical (unpaired) electrons. The number of benzene rings is 1. The minimum absolute atomic E-state index is 0.261. The summed E-state index contributed by atoms with van der Waals surface area (Å²) in [5, 5.41) is 0. The maximum Gasteiger partial charge on any atom is 0.167 e. The molecule has 1 aliphatic rings. The highest BCUT2D eigenvalue weighted by atomic mass is 19.1. The Morgan fingerprint density at radius 2 is 1.85 bits per heavy atom. The van der Waals surface area contributed by atoms with Crippen molar-refractivity contribution in [2.45, 2.75) is 39.5 Å². The normalized spacial score (nSPS) is 18.1. The molecule has 1 aliphatic heterocycles. The van der Waals surface area contributed by atoms with E-state index in [1.807, 2.05) is 0 Å². The summed E-state index contributed by atoms with van der Waals surface area (Å²) < 4.78 is 18.7. The Labute approximate surface area is 120 Å². The van der Waals surface area contributed by atoms with E-state index in [1.165, 1.54) is 38.9 Å². The fraction of sp³-hybridized carbons (Fsp3) is 0.625. The number of nitrogens with zero attached hydrogens (tertiary/aromatic N) is 1. The van der Waals surface area contributed by atoms with E-state index >= 15 is 0 Å². The maximum atomic E-state index is 13.6. The summed E-state index contributed by atoms with van der Waals surface area (Å²) in [6, 6.07) is 3.07. The zero-order chi connectivity index (χ0) is 14.8. The van der Waals surface area contributed by atoms with Crippen molar-refractivity contribution in [3.8, 4) is 5.75 Å². The van der Waals surface area contributed by atoms with Gasteiger partial charge in [0, 0.05) is 25.2 Å². The Morgan fingerprint density at radius 1 is 1.25 bits per heavy atom. The van der Waals surface area contributed by atoms with E-state index in [0.29, 0.717) is 11.1 Å². The number of halogens is 1. The third-order valence-corrected chi connectivity index (χ3v) is 4.97. The highest BCUT2D eigenvalue weighted by molar-refractivity contribution is 5.70. The van der Waals surface area contributed by atoms with Crippen LogP contribution < -0.4 is 15.4 Å². The van der Waals surface area contributed by atoms with Gasteiger partial charge in [-0.2, -0.15) is 0 Å². The monoisotopic (exact) mass is 280 g/mol. The largest absolute Gasteiger partial charge is 0.494 e. The minimum Gasteiger partial charge on any atom is -0.494 e. The van der Waals surface area contributed by atoms with E-state index in [9.17, 15) is 4.39 Å². The van der Waals surface area contributed by atoms with Gasteiger partial charge in [0.05, 0.1) is 18.5 Å². The first-order chi connectivity index (χ1) is 9.55. The Balaban J connectivity index is 2.18. The van der Waals surface area contributed by atoms with E-state index in [-0.39, 0.29) is 5.75 Å². The van der Waals surface area contributed by atoms with Gasteiger partial charge in [0.25, 0.3) is 0 Å². The predicted molar refractivity (Wildman–Crippen MR) is 81.8 cm³/mol. The summed E-state index contributed by atoms with van der Waals surface area (Å²) >= 11 is 0. The summed E-state index contributed by atoms with van der Waals surface area (Å²) in [6.45, 7) is 6.49. The van der Waals surface area contributed by atoms with E-state index in [4.69, 9.17) is 10.5 Å². The third-order valence-electron chi connectivity index (χ3n) is 4.97. The number of hydrogen-bond donors (Lipinski definition) is 1. The number of hydrogen-bond acceptors (Lipinski definition) is 3. The Hall–Kier alpha value is -1.45. The van der Waals surface area contributed by atoms with Gasteiger partial charge in [-0.1, -0.05) is 26.7 Å². The molecular weight excluding hydrogens is 255 g/mol. The van der Waals surface area contributed by atoms with E-state index in [1.54, 1.807) is 6.07 Å². The average Bonchev–Trinajstić information content (AvgIpc) is 2.48. The van der Waals surface area contributed by atoms with Gasteiger partial charge >= 0.3 is 0 Å². The van der Waals surface area contributed by atoms with E-state index < -0.39 is 5.82 Å². The van der Waals surface area contributed by atoms with Gasteiger partial charge in [-0.3, -0.25) is 0 Å². The van der Waals surface area contributed by atoms with Gasteiger partial charge in [0.2, 0.25) is 0 Å². The molecule has 0 bridgehead atoms. The second kappa shape index (κ2) is 5.90. The molecule has 0 aromatic heterocycles. The smallest absolute Gasteiger partial charge is 0.167 e. The van der Waals surface area contributed by atoms with Crippen LogP contribution in [0.5, 0.6) is 5.75 Å². The van der Waals surface area contributed by atoms with Crippen LogP contribution in [0.2, 0.25) is 0 Å². The van der Waals surface area contributed by atoms with Crippen LogP contribution in [0.4, 0.5) is 15.8 Å². The molecule has 2 rings (SSSR count). The fourth-order valence-electron chi connectivity index (χ4n) is 3.17. The molecule has 1 aromatic carbocycles. The van der Waals surface area contributed by atoms with Crippen molar-refractivity contribution in [3.63, 3.8) is 0 Å². The molecule has 0 spiro atoms. The standard InChI is InChI=1S/C16H25FN2O/c1-4-16(5-2)6-8-19(9-7-16)14-11-15(20-3)12(17)10-13(14)18/h10-11H,4-9,18H2,1-3H3. The second-order valence-corrected chi connectivity index (χ2v) is 5.74. The first-order valence-electron chi connectivity index (χ1n) is 7.43. The predicted octanol–water partition coefficient (Wildman–Crippen LogP) is 3.82. The first-order valence-corrected chi connectivity index (χ1v) is 7.43. The summed E-state index contributed by atoms with van der Waals surface area (Å²) in [4.78, 5) is 2.25. The minimum atomic E-state index is -0.401. The van der Waals surface area contributed by atoms with Crippen LogP contribution in [-0.2, 0) is 0 Å². The summed E-state index contributed by atoms with van der Waals surface area (Å²) in [5.41, 5.74) is 7.82. The van der Waals surface area contributed by atoms with Crippen molar-refractivity contribution >= 4 is 11.4 Å². The number of anilines is 2. The van der Waals surface area contributed by atoms with Gasteiger partial charge in [-0.05, 0) is 18.3 Å². The Kier molecular flexibility index (Phi) is 4.41. The topological polar surface area (TPSA) is 38.5 Å². The molecule has 4 heteroatoms. The Bertz CT molecular complexity index is 462. The molecule has 0 unspecified atom stereocenters. The molecule has 1 aromatic rings. The second-order valence-electron chi connectivity index (χ2n) is 5.74. The van der Waals surface area contributed by atoms with Crippen molar-refractivity contribution < 1.29 is 9.13 Å². The SMILES string of the molecule is CCC1(CC)CCN(c2cc(OC)c(F)cc2N)CC1.